The molecule has 156 valence electrons. The standard InChI is InChI=1S/C23H24N2O4S/c1-29-22-12-6-5-8-18(22)9-7-17-24-23(26)19-13-15-20(16-14-19)25-30(27,28)21-10-3-2-4-11-21/h2-6,8,10-16,25H,7,9,17H2,1H3,(H,24,26). The van der Waals surface area contributed by atoms with Crippen molar-refractivity contribution in [3.05, 3.63) is 90.0 Å². The largest absolute Gasteiger partial charge is 0.496 e. The number of anilines is 1. The van der Waals surface area contributed by atoms with Gasteiger partial charge in [0.1, 0.15) is 5.75 Å². The van der Waals surface area contributed by atoms with Gasteiger partial charge in [0.25, 0.3) is 15.9 Å². The number of hydrogen-bond donors (Lipinski definition) is 2. The Morgan fingerprint density at radius 3 is 2.27 bits per heavy atom. The fourth-order valence-electron chi connectivity index (χ4n) is 3.00. The van der Waals surface area contributed by atoms with Gasteiger partial charge in [-0.05, 0) is 60.9 Å². The van der Waals surface area contributed by atoms with Crippen molar-refractivity contribution in [2.24, 2.45) is 0 Å². The van der Waals surface area contributed by atoms with Crippen LogP contribution in [0.5, 0.6) is 5.75 Å². The van der Waals surface area contributed by atoms with Gasteiger partial charge in [-0.3, -0.25) is 9.52 Å². The van der Waals surface area contributed by atoms with Gasteiger partial charge >= 0.3 is 0 Å². The molecule has 2 N–H and O–H groups in total. The van der Waals surface area contributed by atoms with Crippen LogP contribution in [0.4, 0.5) is 5.69 Å². The molecule has 0 unspecified atom stereocenters. The zero-order valence-electron chi connectivity index (χ0n) is 16.7. The molecule has 0 aliphatic heterocycles. The third-order valence-electron chi connectivity index (χ3n) is 4.55. The number of sulfonamides is 1. The van der Waals surface area contributed by atoms with E-state index in [-0.39, 0.29) is 10.8 Å². The highest BCUT2D eigenvalue weighted by Crippen LogP contribution is 2.19. The highest BCUT2D eigenvalue weighted by molar-refractivity contribution is 7.92. The normalized spacial score (nSPS) is 11.0. The van der Waals surface area contributed by atoms with Crippen LogP contribution < -0.4 is 14.8 Å². The molecule has 0 bridgehead atoms. The van der Waals surface area contributed by atoms with Crippen LogP contribution in [-0.4, -0.2) is 28.0 Å². The molecular weight excluding hydrogens is 400 g/mol. The van der Waals surface area contributed by atoms with E-state index in [2.05, 4.69) is 10.0 Å². The van der Waals surface area contributed by atoms with Crippen LogP contribution in [0.25, 0.3) is 0 Å². The summed E-state index contributed by atoms with van der Waals surface area (Å²) in [5.41, 5.74) is 1.96. The second kappa shape index (κ2) is 9.93. The zero-order valence-corrected chi connectivity index (χ0v) is 17.5. The van der Waals surface area contributed by atoms with Gasteiger partial charge in [-0.2, -0.15) is 0 Å². The number of rotatable bonds is 9. The lowest BCUT2D eigenvalue weighted by atomic mass is 10.1. The van der Waals surface area contributed by atoms with Crippen molar-refractivity contribution in [3.8, 4) is 5.75 Å². The number of methoxy groups -OCH3 is 1. The second-order valence-corrected chi connectivity index (χ2v) is 8.35. The summed E-state index contributed by atoms with van der Waals surface area (Å²) >= 11 is 0. The van der Waals surface area contributed by atoms with Crippen LogP contribution in [-0.2, 0) is 16.4 Å². The quantitative estimate of drug-likeness (QED) is 0.511. The molecule has 1 amide bonds. The van der Waals surface area contributed by atoms with E-state index in [4.69, 9.17) is 4.74 Å². The average Bonchev–Trinajstić information content (AvgIpc) is 2.77. The zero-order chi connectivity index (χ0) is 21.4. The van der Waals surface area contributed by atoms with E-state index in [0.717, 1.165) is 24.2 Å². The monoisotopic (exact) mass is 424 g/mol. The number of aryl methyl sites for hydroxylation is 1. The van der Waals surface area contributed by atoms with E-state index >= 15 is 0 Å². The molecule has 0 spiro atoms. The van der Waals surface area contributed by atoms with Crippen LogP contribution in [0.1, 0.15) is 22.3 Å². The SMILES string of the molecule is COc1ccccc1CCCNC(=O)c1ccc(NS(=O)(=O)c2ccccc2)cc1. The number of amides is 1. The molecule has 0 atom stereocenters. The van der Waals surface area contributed by atoms with E-state index in [1.165, 1.54) is 12.1 Å². The summed E-state index contributed by atoms with van der Waals surface area (Å²) in [5, 5.41) is 2.88. The van der Waals surface area contributed by atoms with Gasteiger partial charge in [0.15, 0.2) is 0 Å². The first-order valence-corrected chi connectivity index (χ1v) is 11.1. The molecule has 0 heterocycles. The van der Waals surface area contributed by atoms with E-state index < -0.39 is 10.0 Å². The molecular formula is C23H24N2O4S. The van der Waals surface area contributed by atoms with Gasteiger partial charge in [0.05, 0.1) is 12.0 Å². The Kier molecular flexibility index (Phi) is 7.08. The third-order valence-corrected chi connectivity index (χ3v) is 5.95. The lowest BCUT2D eigenvalue weighted by Gasteiger charge is -2.10. The van der Waals surface area contributed by atoms with Gasteiger partial charge in [-0.1, -0.05) is 36.4 Å². The molecule has 0 aliphatic carbocycles. The van der Waals surface area contributed by atoms with Crippen molar-refractivity contribution >= 4 is 21.6 Å². The Morgan fingerprint density at radius 2 is 1.57 bits per heavy atom. The van der Waals surface area contributed by atoms with E-state index in [1.54, 1.807) is 49.6 Å². The Hall–Kier alpha value is -3.32. The van der Waals surface area contributed by atoms with E-state index in [1.807, 2.05) is 24.3 Å². The van der Waals surface area contributed by atoms with Crippen molar-refractivity contribution in [2.45, 2.75) is 17.7 Å². The number of ether oxygens (including phenoxy) is 1. The second-order valence-electron chi connectivity index (χ2n) is 6.67. The number of nitrogens with one attached hydrogen (secondary N) is 2. The molecule has 3 rings (SSSR count). The van der Waals surface area contributed by atoms with Crippen molar-refractivity contribution < 1.29 is 17.9 Å². The van der Waals surface area contributed by atoms with Crippen LogP contribution in [0.3, 0.4) is 0 Å². The molecule has 0 aromatic heterocycles. The summed E-state index contributed by atoms with van der Waals surface area (Å²) in [4.78, 5) is 12.5. The summed E-state index contributed by atoms with van der Waals surface area (Å²) < 4.78 is 32.6. The predicted molar refractivity (Wildman–Crippen MR) is 117 cm³/mol. The summed E-state index contributed by atoms with van der Waals surface area (Å²) in [6, 6.07) is 22.3. The fraction of sp³-hybridized carbons (Fsp3) is 0.174. The van der Waals surface area contributed by atoms with Crippen molar-refractivity contribution in [2.75, 3.05) is 18.4 Å². The molecule has 0 fully saturated rings. The molecule has 7 heteroatoms. The Balaban J connectivity index is 1.51. The van der Waals surface area contributed by atoms with E-state index in [9.17, 15) is 13.2 Å². The number of hydrogen-bond acceptors (Lipinski definition) is 4. The van der Waals surface area contributed by atoms with Gasteiger partial charge in [0.2, 0.25) is 0 Å². The van der Waals surface area contributed by atoms with Crippen LogP contribution in [0.15, 0.2) is 83.8 Å². The molecule has 0 radical (unpaired) electrons. The average molecular weight is 425 g/mol. The predicted octanol–water partition coefficient (Wildman–Crippen LogP) is 3.86. The lowest BCUT2D eigenvalue weighted by Crippen LogP contribution is -2.24. The van der Waals surface area contributed by atoms with Crippen molar-refractivity contribution in [3.63, 3.8) is 0 Å². The molecule has 3 aromatic carbocycles. The first-order chi connectivity index (χ1) is 14.5. The summed E-state index contributed by atoms with van der Waals surface area (Å²) in [6.45, 7) is 0.527. The van der Waals surface area contributed by atoms with Crippen molar-refractivity contribution in [1.29, 1.82) is 0 Å². The molecule has 30 heavy (non-hydrogen) atoms. The smallest absolute Gasteiger partial charge is 0.261 e. The highest BCUT2D eigenvalue weighted by Gasteiger charge is 2.14. The number of para-hydroxylation sites is 1. The van der Waals surface area contributed by atoms with Gasteiger partial charge in [-0.25, -0.2) is 8.42 Å². The molecule has 6 nitrogen and oxygen atoms in total. The van der Waals surface area contributed by atoms with E-state index in [0.29, 0.717) is 17.8 Å². The highest BCUT2D eigenvalue weighted by atomic mass is 32.2. The lowest BCUT2D eigenvalue weighted by molar-refractivity contribution is 0.0953. The first-order valence-electron chi connectivity index (χ1n) is 9.57. The molecule has 0 saturated carbocycles. The Labute approximate surface area is 177 Å². The van der Waals surface area contributed by atoms with Crippen LogP contribution in [0.2, 0.25) is 0 Å². The molecule has 3 aromatic rings. The summed E-state index contributed by atoms with van der Waals surface area (Å²) in [5.74, 6) is 0.643. The Bertz CT molecular complexity index is 1080. The topological polar surface area (TPSA) is 84.5 Å². The third kappa shape index (κ3) is 5.61. The minimum Gasteiger partial charge on any atom is -0.496 e. The summed E-state index contributed by atoms with van der Waals surface area (Å²) in [7, 11) is -2.01. The minimum absolute atomic E-state index is 0.182. The number of carbonyl (C=O) groups excluding carboxylic acids is 1. The fourth-order valence-corrected chi connectivity index (χ4v) is 4.08. The maximum atomic E-state index is 12.4. The maximum absolute atomic E-state index is 12.4. The number of carbonyl (C=O) groups is 1. The Morgan fingerprint density at radius 1 is 0.900 bits per heavy atom. The van der Waals surface area contributed by atoms with Gasteiger partial charge in [-0.15, -0.1) is 0 Å². The summed E-state index contributed by atoms with van der Waals surface area (Å²) in [6.07, 6.45) is 1.57. The van der Waals surface area contributed by atoms with Crippen molar-refractivity contribution in [1.82, 2.24) is 5.32 Å². The molecule has 0 aliphatic rings. The van der Waals surface area contributed by atoms with Gasteiger partial charge in [0, 0.05) is 17.8 Å². The minimum atomic E-state index is -3.66. The maximum Gasteiger partial charge on any atom is 0.261 e. The molecule has 0 saturated heterocycles. The first kappa shape index (κ1) is 21.4. The van der Waals surface area contributed by atoms with Crippen LogP contribution >= 0.6 is 0 Å². The van der Waals surface area contributed by atoms with Crippen LogP contribution in [0, 0.1) is 0 Å². The number of benzene rings is 3. The van der Waals surface area contributed by atoms with Gasteiger partial charge < -0.3 is 10.1 Å².